The molecule has 0 spiro atoms. The zero-order chi connectivity index (χ0) is 17.2. The van der Waals surface area contributed by atoms with Gasteiger partial charge in [0, 0.05) is 25.2 Å². The Labute approximate surface area is 140 Å². The molecule has 9 heteroatoms. The maximum atomic E-state index is 12.6. The fourth-order valence-corrected chi connectivity index (χ4v) is 4.16. The average Bonchev–Trinajstić information content (AvgIpc) is 3.02. The van der Waals surface area contributed by atoms with Gasteiger partial charge in [-0.2, -0.15) is 4.31 Å². The average molecular weight is 353 g/mol. The number of anilines is 1. The molecule has 2 amide bonds. The molecule has 2 aliphatic heterocycles. The normalized spacial score (nSPS) is 22.2. The Morgan fingerprint density at radius 1 is 1.29 bits per heavy atom. The quantitative estimate of drug-likeness (QED) is 0.788. The lowest BCUT2D eigenvalue weighted by Crippen LogP contribution is -2.40. The third kappa shape index (κ3) is 3.58. The van der Waals surface area contributed by atoms with Crippen molar-refractivity contribution >= 4 is 27.5 Å². The molecular formula is C15H19N3O5S. The molecule has 1 atom stereocenters. The van der Waals surface area contributed by atoms with Gasteiger partial charge in [0.15, 0.2) is 0 Å². The molecule has 0 aliphatic carbocycles. The molecule has 0 aromatic heterocycles. The van der Waals surface area contributed by atoms with Crippen molar-refractivity contribution in [2.75, 3.05) is 31.6 Å². The number of nitrogens with zero attached hydrogens (tertiary/aromatic N) is 1. The van der Waals surface area contributed by atoms with E-state index in [1.807, 2.05) is 0 Å². The third-order valence-corrected chi connectivity index (χ3v) is 5.92. The maximum Gasteiger partial charge on any atom is 0.246 e. The Balaban J connectivity index is 1.74. The van der Waals surface area contributed by atoms with Crippen molar-refractivity contribution in [1.82, 2.24) is 9.62 Å². The van der Waals surface area contributed by atoms with Crippen molar-refractivity contribution in [2.45, 2.75) is 23.8 Å². The highest BCUT2D eigenvalue weighted by Crippen LogP contribution is 2.21. The summed E-state index contributed by atoms with van der Waals surface area (Å²) in [5.41, 5.74) is 0.385. The molecule has 1 aromatic rings. The molecule has 2 N–H and O–H groups in total. The van der Waals surface area contributed by atoms with Crippen LogP contribution < -0.4 is 10.6 Å². The van der Waals surface area contributed by atoms with Crippen LogP contribution in [0.25, 0.3) is 0 Å². The van der Waals surface area contributed by atoms with E-state index in [0.717, 1.165) is 0 Å². The van der Waals surface area contributed by atoms with E-state index in [1.54, 1.807) is 12.1 Å². The van der Waals surface area contributed by atoms with Crippen LogP contribution in [0.3, 0.4) is 0 Å². The van der Waals surface area contributed by atoms with Crippen LogP contribution >= 0.6 is 0 Å². The molecule has 0 saturated carbocycles. The second-order valence-electron chi connectivity index (χ2n) is 5.69. The van der Waals surface area contributed by atoms with Crippen LogP contribution in [0.5, 0.6) is 0 Å². The van der Waals surface area contributed by atoms with Crippen molar-refractivity contribution in [3.8, 4) is 0 Å². The van der Waals surface area contributed by atoms with E-state index in [2.05, 4.69) is 10.6 Å². The molecule has 2 heterocycles. The summed E-state index contributed by atoms with van der Waals surface area (Å²) in [6.07, 6.45) is 0.764. The first kappa shape index (κ1) is 16.9. The van der Waals surface area contributed by atoms with Gasteiger partial charge < -0.3 is 15.4 Å². The van der Waals surface area contributed by atoms with Crippen LogP contribution in [0.1, 0.15) is 12.8 Å². The molecule has 2 fully saturated rings. The fourth-order valence-electron chi connectivity index (χ4n) is 2.71. The summed E-state index contributed by atoms with van der Waals surface area (Å²) < 4.78 is 31.8. The number of hydrogen-bond acceptors (Lipinski definition) is 5. The lowest BCUT2D eigenvalue weighted by atomic mass is 10.2. The Kier molecular flexibility index (Phi) is 4.83. The summed E-state index contributed by atoms with van der Waals surface area (Å²) in [4.78, 5) is 23.4. The highest BCUT2D eigenvalue weighted by Gasteiger charge is 2.28. The zero-order valence-corrected chi connectivity index (χ0v) is 13.8. The number of sulfonamides is 1. The second-order valence-corrected chi connectivity index (χ2v) is 7.63. The van der Waals surface area contributed by atoms with Gasteiger partial charge in [0.2, 0.25) is 21.8 Å². The molecular weight excluding hydrogens is 334 g/mol. The van der Waals surface area contributed by atoms with Crippen molar-refractivity contribution in [1.29, 1.82) is 0 Å². The zero-order valence-electron chi connectivity index (χ0n) is 13.0. The summed E-state index contributed by atoms with van der Waals surface area (Å²) in [5, 5.41) is 5.24. The van der Waals surface area contributed by atoms with E-state index in [-0.39, 0.29) is 16.7 Å². The highest BCUT2D eigenvalue weighted by molar-refractivity contribution is 7.89. The summed E-state index contributed by atoms with van der Waals surface area (Å²) in [7, 11) is -3.62. The molecule has 24 heavy (non-hydrogen) atoms. The van der Waals surface area contributed by atoms with Gasteiger partial charge in [0.25, 0.3) is 0 Å². The summed E-state index contributed by atoms with van der Waals surface area (Å²) in [5.74, 6) is -0.499. The summed E-state index contributed by atoms with van der Waals surface area (Å²) in [6, 6.07) is 5.55. The first-order valence-corrected chi connectivity index (χ1v) is 9.19. The lowest BCUT2D eigenvalue weighted by molar-refractivity contribution is -0.122. The number of nitrogens with one attached hydrogen (secondary N) is 2. The minimum Gasteiger partial charge on any atom is -0.379 e. The molecule has 0 bridgehead atoms. The van der Waals surface area contributed by atoms with E-state index >= 15 is 0 Å². The van der Waals surface area contributed by atoms with Gasteiger partial charge in [-0.3, -0.25) is 9.59 Å². The van der Waals surface area contributed by atoms with Crippen molar-refractivity contribution in [3.63, 3.8) is 0 Å². The largest absolute Gasteiger partial charge is 0.379 e. The predicted molar refractivity (Wildman–Crippen MR) is 85.8 cm³/mol. The second kappa shape index (κ2) is 6.88. The number of amides is 2. The molecule has 130 valence electrons. The molecule has 8 nitrogen and oxygen atoms in total. The molecule has 2 saturated heterocycles. The monoisotopic (exact) mass is 353 g/mol. The van der Waals surface area contributed by atoms with Gasteiger partial charge in [0.1, 0.15) is 6.04 Å². The van der Waals surface area contributed by atoms with E-state index in [0.29, 0.717) is 44.8 Å². The van der Waals surface area contributed by atoms with Crippen LogP contribution in [0, 0.1) is 0 Å². The Hall–Kier alpha value is -1.97. The number of ether oxygens (including phenoxy) is 1. The lowest BCUT2D eigenvalue weighted by Gasteiger charge is -2.26. The standard InChI is InChI=1S/C15H19N3O5S/c19-14-5-4-13(17-14)15(20)16-11-2-1-3-12(10-11)24(21,22)18-6-8-23-9-7-18/h1-3,10,13H,4-9H2,(H,16,20)(H,17,19)/t13-/m1/s1. The van der Waals surface area contributed by atoms with Crippen molar-refractivity contribution in [2.24, 2.45) is 0 Å². The van der Waals surface area contributed by atoms with Crippen LogP contribution in [-0.4, -0.2) is 56.9 Å². The molecule has 2 aliphatic rings. The molecule has 0 unspecified atom stereocenters. The van der Waals surface area contributed by atoms with E-state index in [4.69, 9.17) is 4.74 Å². The maximum absolute atomic E-state index is 12.6. The van der Waals surface area contributed by atoms with Crippen LogP contribution in [0.15, 0.2) is 29.2 Å². The van der Waals surface area contributed by atoms with Crippen LogP contribution in [0.2, 0.25) is 0 Å². The third-order valence-electron chi connectivity index (χ3n) is 4.02. The highest BCUT2D eigenvalue weighted by atomic mass is 32.2. The fraction of sp³-hybridized carbons (Fsp3) is 0.467. The Morgan fingerprint density at radius 3 is 2.71 bits per heavy atom. The SMILES string of the molecule is O=C1CC[C@H](C(=O)Nc2cccc(S(=O)(=O)N3CCOCC3)c2)N1. The summed E-state index contributed by atoms with van der Waals surface area (Å²) >= 11 is 0. The van der Waals surface area contributed by atoms with E-state index < -0.39 is 16.1 Å². The Morgan fingerprint density at radius 2 is 2.04 bits per heavy atom. The van der Waals surface area contributed by atoms with Gasteiger partial charge in [-0.05, 0) is 24.6 Å². The number of benzene rings is 1. The summed E-state index contributed by atoms with van der Waals surface area (Å²) in [6.45, 7) is 1.37. The smallest absolute Gasteiger partial charge is 0.246 e. The first-order valence-electron chi connectivity index (χ1n) is 7.75. The van der Waals surface area contributed by atoms with E-state index in [1.165, 1.54) is 16.4 Å². The topological polar surface area (TPSA) is 105 Å². The molecule has 1 aromatic carbocycles. The molecule has 3 rings (SSSR count). The van der Waals surface area contributed by atoms with Crippen LogP contribution in [0.4, 0.5) is 5.69 Å². The Bertz CT molecular complexity index is 743. The van der Waals surface area contributed by atoms with Gasteiger partial charge in [-0.1, -0.05) is 6.07 Å². The van der Waals surface area contributed by atoms with Gasteiger partial charge in [0.05, 0.1) is 18.1 Å². The van der Waals surface area contributed by atoms with Crippen molar-refractivity contribution < 1.29 is 22.7 Å². The van der Waals surface area contributed by atoms with Crippen molar-refractivity contribution in [3.05, 3.63) is 24.3 Å². The van der Waals surface area contributed by atoms with Crippen LogP contribution in [-0.2, 0) is 24.3 Å². The number of rotatable bonds is 4. The van der Waals surface area contributed by atoms with Gasteiger partial charge >= 0.3 is 0 Å². The molecule has 0 radical (unpaired) electrons. The van der Waals surface area contributed by atoms with Gasteiger partial charge in [-0.15, -0.1) is 0 Å². The van der Waals surface area contributed by atoms with Gasteiger partial charge in [-0.25, -0.2) is 8.42 Å². The number of morpholine rings is 1. The minimum absolute atomic E-state index is 0.123. The minimum atomic E-state index is -3.62. The number of hydrogen-bond donors (Lipinski definition) is 2. The number of carbonyl (C=O) groups is 2. The number of carbonyl (C=O) groups excluding carboxylic acids is 2. The predicted octanol–water partition coefficient (Wildman–Crippen LogP) is -0.0754. The van der Waals surface area contributed by atoms with E-state index in [9.17, 15) is 18.0 Å². The first-order chi connectivity index (χ1) is 11.5.